The second-order valence-corrected chi connectivity index (χ2v) is 5.50. The molecule has 0 aliphatic heterocycles. The van der Waals surface area contributed by atoms with Gasteiger partial charge in [-0.25, -0.2) is 0 Å². The highest BCUT2D eigenvalue weighted by Gasteiger charge is 2.01. The summed E-state index contributed by atoms with van der Waals surface area (Å²) in [7, 11) is 0. The summed E-state index contributed by atoms with van der Waals surface area (Å²) in [5, 5.41) is 3.34. The summed E-state index contributed by atoms with van der Waals surface area (Å²) in [6, 6.07) is 2.21. The van der Waals surface area contributed by atoms with Gasteiger partial charge in [0.05, 0.1) is 10.4 Å². The van der Waals surface area contributed by atoms with E-state index in [0.717, 1.165) is 26.3 Å². The zero-order chi connectivity index (χ0) is 10.4. The first-order valence-corrected chi connectivity index (χ1v) is 6.38. The van der Waals surface area contributed by atoms with Crippen molar-refractivity contribution in [1.82, 2.24) is 5.32 Å². The first-order valence-electron chi connectivity index (χ1n) is 4.77. The third-order valence-electron chi connectivity index (χ3n) is 1.83. The fourth-order valence-corrected chi connectivity index (χ4v) is 2.71. The Balaban J connectivity index is 2.18. The monoisotopic (exact) mass is 277 g/mol. The summed E-state index contributed by atoms with van der Waals surface area (Å²) < 4.78 is 6.47. The van der Waals surface area contributed by atoms with Gasteiger partial charge in [0.15, 0.2) is 0 Å². The molecule has 80 valence electrons. The molecule has 4 heteroatoms. The summed E-state index contributed by atoms with van der Waals surface area (Å²) in [6.45, 7) is 7.57. The van der Waals surface area contributed by atoms with Crippen LogP contribution >= 0.6 is 27.3 Å². The smallest absolute Gasteiger partial charge is 0.0730 e. The van der Waals surface area contributed by atoms with E-state index in [0.29, 0.717) is 0 Å². The van der Waals surface area contributed by atoms with E-state index >= 15 is 0 Å². The second-order valence-electron chi connectivity index (χ2n) is 3.04. The molecule has 1 heterocycles. The van der Waals surface area contributed by atoms with E-state index in [4.69, 9.17) is 4.74 Å². The molecule has 0 unspecified atom stereocenters. The zero-order valence-electron chi connectivity index (χ0n) is 8.60. The minimum Gasteiger partial charge on any atom is -0.380 e. The molecule has 0 aliphatic rings. The van der Waals surface area contributed by atoms with Gasteiger partial charge in [0.25, 0.3) is 0 Å². The van der Waals surface area contributed by atoms with Crippen LogP contribution in [0.4, 0.5) is 0 Å². The number of hydrogen-bond donors (Lipinski definition) is 1. The Morgan fingerprint density at radius 3 is 2.93 bits per heavy atom. The summed E-state index contributed by atoms with van der Waals surface area (Å²) >= 11 is 5.31. The molecule has 0 aromatic carbocycles. The van der Waals surface area contributed by atoms with Crippen LogP contribution in [0.2, 0.25) is 0 Å². The topological polar surface area (TPSA) is 21.3 Å². The Labute approximate surface area is 97.8 Å². The normalized spacial score (nSPS) is 10.8. The van der Waals surface area contributed by atoms with Gasteiger partial charge in [-0.15, -0.1) is 11.3 Å². The summed E-state index contributed by atoms with van der Waals surface area (Å²) in [5.74, 6) is 0. The molecule has 0 saturated carbocycles. The van der Waals surface area contributed by atoms with E-state index in [-0.39, 0.29) is 0 Å². The fourth-order valence-electron chi connectivity index (χ4n) is 1.11. The number of ether oxygens (including phenoxy) is 1. The highest BCUT2D eigenvalue weighted by atomic mass is 79.9. The van der Waals surface area contributed by atoms with E-state index < -0.39 is 0 Å². The van der Waals surface area contributed by atoms with Gasteiger partial charge in [-0.1, -0.05) is 0 Å². The van der Waals surface area contributed by atoms with Gasteiger partial charge in [-0.2, -0.15) is 0 Å². The van der Waals surface area contributed by atoms with Crippen molar-refractivity contribution < 1.29 is 4.74 Å². The van der Waals surface area contributed by atoms with Crippen LogP contribution in [0.5, 0.6) is 0 Å². The van der Waals surface area contributed by atoms with Gasteiger partial charge in [-0.05, 0) is 41.4 Å². The standard InChI is InChI=1S/C10H16BrNOS/c1-3-13-5-4-12-7-9-6-8(2)10(11)14-9/h6,12H,3-5,7H2,1-2H3. The van der Waals surface area contributed by atoms with Crippen molar-refractivity contribution in [3.05, 3.63) is 20.3 Å². The largest absolute Gasteiger partial charge is 0.380 e. The number of aryl methyl sites for hydroxylation is 1. The number of thiophene rings is 1. The van der Waals surface area contributed by atoms with Crippen LogP contribution in [-0.4, -0.2) is 19.8 Å². The third kappa shape index (κ3) is 4.09. The van der Waals surface area contributed by atoms with Crippen molar-refractivity contribution in [1.29, 1.82) is 0 Å². The molecule has 14 heavy (non-hydrogen) atoms. The predicted molar refractivity (Wildman–Crippen MR) is 65.0 cm³/mol. The van der Waals surface area contributed by atoms with Gasteiger partial charge >= 0.3 is 0 Å². The highest BCUT2D eigenvalue weighted by molar-refractivity contribution is 9.11. The van der Waals surface area contributed by atoms with E-state index in [1.807, 2.05) is 6.92 Å². The first kappa shape index (κ1) is 12.2. The summed E-state index contributed by atoms with van der Waals surface area (Å²) in [4.78, 5) is 1.37. The first-order chi connectivity index (χ1) is 6.74. The van der Waals surface area contributed by atoms with Crippen LogP contribution in [0.1, 0.15) is 17.4 Å². The molecule has 1 aromatic rings. The minimum absolute atomic E-state index is 0.794. The van der Waals surface area contributed by atoms with Gasteiger partial charge < -0.3 is 10.1 Å². The lowest BCUT2D eigenvalue weighted by atomic mass is 10.3. The van der Waals surface area contributed by atoms with Gasteiger partial charge in [0.1, 0.15) is 0 Å². The SMILES string of the molecule is CCOCCNCc1cc(C)c(Br)s1. The van der Waals surface area contributed by atoms with Crippen LogP contribution in [0.3, 0.4) is 0 Å². The molecule has 1 aromatic heterocycles. The zero-order valence-corrected chi connectivity index (χ0v) is 11.0. The number of nitrogens with one attached hydrogen (secondary N) is 1. The van der Waals surface area contributed by atoms with Gasteiger partial charge in [0.2, 0.25) is 0 Å². The van der Waals surface area contributed by atoms with Gasteiger partial charge in [-0.3, -0.25) is 0 Å². The van der Waals surface area contributed by atoms with E-state index in [1.165, 1.54) is 14.2 Å². The van der Waals surface area contributed by atoms with E-state index in [9.17, 15) is 0 Å². The van der Waals surface area contributed by atoms with Gasteiger partial charge in [0, 0.05) is 24.6 Å². The van der Waals surface area contributed by atoms with Crippen molar-refractivity contribution in [3.63, 3.8) is 0 Å². The van der Waals surface area contributed by atoms with Crippen LogP contribution in [0, 0.1) is 6.92 Å². The predicted octanol–water partition coefficient (Wildman–Crippen LogP) is 2.95. The quantitative estimate of drug-likeness (QED) is 0.808. The molecule has 1 N–H and O–H groups in total. The maximum Gasteiger partial charge on any atom is 0.0730 e. The fraction of sp³-hybridized carbons (Fsp3) is 0.600. The van der Waals surface area contributed by atoms with Crippen molar-refractivity contribution in [2.24, 2.45) is 0 Å². The highest BCUT2D eigenvalue weighted by Crippen LogP contribution is 2.26. The molecular weight excluding hydrogens is 262 g/mol. The van der Waals surface area contributed by atoms with Crippen molar-refractivity contribution in [3.8, 4) is 0 Å². The van der Waals surface area contributed by atoms with Crippen molar-refractivity contribution in [2.75, 3.05) is 19.8 Å². The third-order valence-corrected chi connectivity index (χ3v) is 3.97. The second kappa shape index (κ2) is 6.56. The average molecular weight is 278 g/mol. The van der Waals surface area contributed by atoms with Crippen LogP contribution in [0.15, 0.2) is 9.85 Å². The lowest BCUT2D eigenvalue weighted by molar-refractivity contribution is 0.149. The molecule has 0 saturated heterocycles. The molecular formula is C10H16BrNOS. The molecule has 0 aliphatic carbocycles. The number of hydrogen-bond acceptors (Lipinski definition) is 3. The maximum absolute atomic E-state index is 5.23. The molecule has 0 atom stereocenters. The average Bonchev–Trinajstić information content (AvgIpc) is 2.46. The Bertz CT molecular complexity index is 256. The maximum atomic E-state index is 5.23. The molecule has 0 bridgehead atoms. The molecule has 1 rings (SSSR count). The summed E-state index contributed by atoms with van der Waals surface area (Å²) in [6.07, 6.45) is 0. The lowest BCUT2D eigenvalue weighted by Gasteiger charge is -2.02. The van der Waals surface area contributed by atoms with Crippen LogP contribution in [-0.2, 0) is 11.3 Å². The Morgan fingerprint density at radius 1 is 1.57 bits per heavy atom. The number of rotatable bonds is 6. The van der Waals surface area contributed by atoms with E-state index in [1.54, 1.807) is 11.3 Å². The Morgan fingerprint density at radius 2 is 2.36 bits per heavy atom. The van der Waals surface area contributed by atoms with Crippen LogP contribution < -0.4 is 5.32 Å². The Hall–Kier alpha value is 0.1000. The summed E-state index contributed by atoms with van der Waals surface area (Å²) in [5.41, 5.74) is 1.32. The molecule has 0 fully saturated rings. The van der Waals surface area contributed by atoms with E-state index in [2.05, 4.69) is 34.2 Å². The lowest BCUT2D eigenvalue weighted by Crippen LogP contribution is -2.18. The number of halogens is 1. The molecule has 0 spiro atoms. The van der Waals surface area contributed by atoms with Crippen molar-refractivity contribution >= 4 is 27.3 Å². The minimum atomic E-state index is 0.794. The molecule has 0 amide bonds. The Kier molecular flexibility index (Phi) is 5.70. The molecule has 2 nitrogen and oxygen atoms in total. The van der Waals surface area contributed by atoms with Crippen molar-refractivity contribution in [2.45, 2.75) is 20.4 Å². The van der Waals surface area contributed by atoms with Crippen LogP contribution in [0.25, 0.3) is 0 Å². The molecule has 0 radical (unpaired) electrons.